The summed E-state index contributed by atoms with van der Waals surface area (Å²) >= 11 is 0. The molecule has 6 heteroatoms. The van der Waals surface area contributed by atoms with Crippen molar-refractivity contribution < 1.29 is 14.3 Å². The molecule has 0 amide bonds. The van der Waals surface area contributed by atoms with Crippen molar-refractivity contribution in [3.05, 3.63) is 75.8 Å². The number of ketones is 1. The summed E-state index contributed by atoms with van der Waals surface area (Å²) in [4.78, 5) is 41.5. The fourth-order valence-electron chi connectivity index (χ4n) is 3.61. The van der Waals surface area contributed by atoms with Crippen LogP contribution in [0.4, 0.5) is 0 Å². The summed E-state index contributed by atoms with van der Waals surface area (Å²) in [5.74, 6) is -0.895. The van der Waals surface area contributed by atoms with Gasteiger partial charge in [0, 0.05) is 5.56 Å². The molecule has 0 bridgehead atoms. The van der Waals surface area contributed by atoms with E-state index in [2.05, 4.69) is 4.98 Å². The second-order valence-electron chi connectivity index (χ2n) is 7.03. The fraction of sp³-hybridized carbons (Fsp3) is 0.273. The van der Waals surface area contributed by atoms with Gasteiger partial charge in [-0.2, -0.15) is 0 Å². The van der Waals surface area contributed by atoms with Crippen LogP contribution in [0.2, 0.25) is 0 Å². The first kappa shape index (κ1) is 18.1. The Morgan fingerprint density at radius 3 is 2.79 bits per heavy atom. The molecule has 3 aromatic rings. The number of aryl methyl sites for hydroxylation is 2. The third-order valence-electron chi connectivity index (χ3n) is 5.09. The minimum atomic E-state index is -0.920. The Bertz CT molecular complexity index is 1130. The van der Waals surface area contributed by atoms with Gasteiger partial charge in [-0.05, 0) is 55.5 Å². The number of Topliss-reactive ketones (excluding diaryl/α,β-unsaturated/α-hetero) is 1. The van der Waals surface area contributed by atoms with E-state index in [0.29, 0.717) is 16.5 Å². The molecule has 142 valence electrons. The van der Waals surface area contributed by atoms with E-state index in [9.17, 15) is 14.4 Å². The van der Waals surface area contributed by atoms with E-state index in [-0.39, 0.29) is 17.9 Å². The normalized spacial score (nSPS) is 13.9. The number of aromatic nitrogens is 2. The number of nitrogens with zero attached hydrogens (tertiary/aromatic N) is 2. The van der Waals surface area contributed by atoms with E-state index in [0.717, 1.165) is 19.3 Å². The molecule has 1 atom stereocenters. The second kappa shape index (κ2) is 7.38. The van der Waals surface area contributed by atoms with Gasteiger partial charge >= 0.3 is 5.97 Å². The van der Waals surface area contributed by atoms with Crippen LogP contribution in [0.3, 0.4) is 0 Å². The zero-order valence-electron chi connectivity index (χ0n) is 15.6. The standard InChI is InChI=1S/C22H20N2O4/c1-14(21(26)17-10-9-15-5-4-6-16(15)11-17)28-20(25)12-24-13-23-19-8-3-2-7-18(19)22(24)27/h2-3,7-11,13-14H,4-6,12H2,1H3/t14-/m1/s1. The van der Waals surface area contributed by atoms with Crippen LogP contribution in [0.5, 0.6) is 0 Å². The van der Waals surface area contributed by atoms with Crippen LogP contribution in [-0.4, -0.2) is 27.4 Å². The van der Waals surface area contributed by atoms with Crippen molar-refractivity contribution in [1.29, 1.82) is 0 Å². The first-order chi connectivity index (χ1) is 13.5. The van der Waals surface area contributed by atoms with Gasteiger partial charge in [-0.3, -0.25) is 19.0 Å². The van der Waals surface area contributed by atoms with Gasteiger partial charge in [-0.25, -0.2) is 4.98 Å². The van der Waals surface area contributed by atoms with Crippen LogP contribution < -0.4 is 5.56 Å². The van der Waals surface area contributed by atoms with E-state index in [4.69, 9.17) is 4.74 Å². The number of esters is 1. The number of hydrogen-bond donors (Lipinski definition) is 0. The Labute approximate surface area is 161 Å². The van der Waals surface area contributed by atoms with Gasteiger partial charge in [0.2, 0.25) is 5.78 Å². The molecule has 0 radical (unpaired) electrons. The Morgan fingerprint density at radius 1 is 1.14 bits per heavy atom. The lowest BCUT2D eigenvalue weighted by molar-refractivity contribution is -0.147. The zero-order chi connectivity index (χ0) is 19.7. The van der Waals surface area contributed by atoms with Gasteiger partial charge in [-0.1, -0.05) is 24.3 Å². The van der Waals surface area contributed by atoms with Gasteiger partial charge in [0.05, 0.1) is 17.2 Å². The summed E-state index contributed by atoms with van der Waals surface area (Å²) in [6.07, 6.45) is 3.52. The second-order valence-corrected chi connectivity index (χ2v) is 7.03. The summed E-state index contributed by atoms with van der Waals surface area (Å²) < 4.78 is 6.47. The van der Waals surface area contributed by atoms with E-state index >= 15 is 0 Å². The molecule has 0 aliphatic heterocycles. The molecule has 0 saturated heterocycles. The maximum atomic E-state index is 12.6. The average Bonchev–Trinajstić information content (AvgIpc) is 3.17. The highest BCUT2D eigenvalue weighted by Gasteiger charge is 2.22. The molecule has 0 saturated carbocycles. The van der Waals surface area contributed by atoms with Gasteiger partial charge < -0.3 is 4.74 Å². The number of carbonyl (C=O) groups is 2. The molecule has 0 spiro atoms. The smallest absolute Gasteiger partial charge is 0.326 e. The highest BCUT2D eigenvalue weighted by Crippen LogP contribution is 2.23. The molecule has 4 rings (SSSR count). The van der Waals surface area contributed by atoms with Crippen LogP contribution in [0.1, 0.15) is 34.8 Å². The van der Waals surface area contributed by atoms with Crippen molar-refractivity contribution in [2.45, 2.75) is 38.8 Å². The first-order valence-corrected chi connectivity index (χ1v) is 9.32. The lowest BCUT2D eigenvalue weighted by Crippen LogP contribution is -2.30. The minimum absolute atomic E-state index is 0.243. The summed E-state index contributed by atoms with van der Waals surface area (Å²) in [6, 6.07) is 12.6. The third-order valence-corrected chi connectivity index (χ3v) is 5.09. The molecule has 0 fully saturated rings. The van der Waals surface area contributed by atoms with Gasteiger partial charge in [0.1, 0.15) is 6.54 Å². The molecule has 1 aliphatic carbocycles. The Balaban J connectivity index is 1.45. The summed E-state index contributed by atoms with van der Waals surface area (Å²) in [5.41, 5.74) is 3.27. The minimum Gasteiger partial charge on any atom is -0.453 e. The molecule has 6 nitrogen and oxygen atoms in total. The van der Waals surface area contributed by atoms with Crippen molar-refractivity contribution in [1.82, 2.24) is 9.55 Å². The molecule has 1 aliphatic rings. The van der Waals surface area contributed by atoms with Crippen LogP contribution in [0.15, 0.2) is 53.6 Å². The number of ether oxygens (including phenoxy) is 1. The number of para-hydroxylation sites is 1. The van der Waals surface area contributed by atoms with Crippen molar-refractivity contribution >= 4 is 22.7 Å². The van der Waals surface area contributed by atoms with E-state index in [1.807, 2.05) is 12.1 Å². The number of carbonyl (C=O) groups excluding carboxylic acids is 2. The lowest BCUT2D eigenvalue weighted by Gasteiger charge is -2.14. The summed E-state index contributed by atoms with van der Waals surface area (Å²) in [7, 11) is 0. The predicted molar refractivity (Wildman–Crippen MR) is 104 cm³/mol. The van der Waals surface area contributed by atoms with Gasteiger partial charge in [0.15, 0.2) is 6.10 Å². The summed E-state index contributed by atoms with van der Waals surface area (Å²) in [6.45, 7) is 1.26. The molecule has 0 unspecified atom stereocenters. The Hall–Kier alpha value is -3.28. The van der Waals surface area contributed by atoms with Crippen LogP contribution >= 0.6 is 0 Å². The zero-order valence-corrected chi connectivity index (χ0v) is 15.6. The van der Waals surface area contributed by atoms with Gasteiger partial charge in [-0.15, -0.1) is 0 Å². The molecular weight excluding hydrogens is 356 g/mol. The Kier molecular flexibility index (Phi) is 4.77. The van der Waals surface area contributed by atoms with E-state index in [1.165, 1.54) is 22.0 Å². The monoisotopic (exact) mass is 376 g/mol. The Morgan fingerprint density at radius 2 is 1.93 bits per heavy atom. The van der Waals surface area contributed by atoms with Crippen LogP contribution in [0, 0.1) is 0 Å². The molecule has 1 heterocycles. The maximum absolute atomic E-state index is 12.6. The van der Waals surface area contributed by atoms with Crippen LogP contribution in [-0.2, 0) is 28.9 Å². The number of fused-ring (bicyclic) bond motifs is 2. The first-order valence-electron chi connectivity index (χ1n) is 9.32. The largest absolute Gasteiger partial charge is 0.453 e. The number of hydrogen-bond acceptors (Lipinski definition) is 5. The fourth-order valence-corrected chi connectivity index (χ4v) is 3.61. The average molecular weight is 376 g/mol. The third kappa shape index (κ3) is 3.45. The molecular formula is C22H20N2O4. The van der Waals surface area contributed by atoms with Crippen molar-refractivity contribution in [3.63, 3.8) is 0 Å². The summed E-state index contributed by atoms with van der Waals surface area (Å²) in [5, 5.41) is 0.431. The van der Waals surface area contributed by atoms with Crippen molar-refractivity contribution in [3.8, 4) is 0 Å². The van der Waals surface area contributed by atoms with Crippen LogP contribution in [0.25, 0.3) is 10.9 Å². The number of benzene rings is 2. The van der Waals surface area contributed by atoms with Gasteiger partial charge in [0.25, 0.3) is 5.56 Å². The maximum Gasteiger partial charge on any atom is 0.326 e. The van der Waals surface area contributed by atoms with Crippen molar-refractivity contribution in [2.75, 3.05) is 0 Å². The van der Waals surface area contributed by atoms with E-state index in [1.54, 1.807) is 37.3 Å². The number of rotatable bonds is 5. The SMILES string of the molecule is C[C@@H](OC(=O)Cn1cnc2ccccc2c1=O)C(=O)c1ccc2c(c1)CCC2. The molecule has 0 N–H and O–H groups in total. The quantitative estimate of drug-likeness (QED) is 0.505. The van der Waals surface area contributed by atoms with Crippen molar-refractivity contribution in [2.24, 2.45) is 0 Å². The predicted octanol–water partition coefficient (Wildman–Crippen LogP) is 2.70. The lowest BCUT2D eigenvalue weighted by atomic mass is 10.0. The molecule has 1 aromatic heterocycles. The topological polar surface area (TPSA) is 78.3 Å². The molecule has 28 heavy (non-hydrogen) atoms. The highest BCUT2D eigenvalue weighted by molar-refractivity contribution is 6.00. The molecule has 2 aromatic carbocycles. The highest BCUT2D eigenvalue weighted by atomic mass is 16.5. The van der Waals surface area contributed by atoms with E-state index < -0.39 is 12.1 Å².